The molecule has 0 saturated heterocycles. The Morgan fingerprint density at radius 2 is 1.88 bits per heavy atom. The summed E-state index contributed by atoms with van der Waals surface area (Å²) in [5.41, 5.74) is 4.74. The summed E-state index contributed by atoms with van der Waals surface area (Å²) in [6.07, 6.45) is 2.86. The van der Waals surface area contributed by atoms with Gasteiger partial charge in [0, 0.05) is 24.8 Å². The molecule has 0 amide bonds. The number of benzene rings is 2. The molecular weight excluding hydrogens is 298 g/mol. The van der Waals surface area contributed by atoms with Crippen LogP contribution in [0.25, 0.3) is 11.3 Å². The topological polar surface area (TPSA) is 38.2 Å². The molecule has 1 aromatic heterocycles. The van der Waals surface area contributed by atoms with E-state index < -0.39 is 0 Å². The molecule has 24 heavy (non-hydrogen) atoms. The number of methoxy groups -OCH3 is 1. The first kappa shape index (κ1) is 14.7. The molecule has 0 spiro atoms. The van der Waals surface area contributed by atoms with E-state index in [0.29, 0.717) is 0 Å². The number of hydrogen-bond donors (Lipinski definition) is 0. The zero-order valence-electron chi connectivity index (χ0n) is 13.6. The van der Waals surface area contributed by atoms with Crippen LogP contribution in [0.5, 0.6) is 5.75 Å². The zero-order chi connectivity index (χ0) is 16.4. The predicted molar refractivity (Wildman–Crippen MR) is 95.2 cm³/mol. The Bertz CT molecular complexity index is 863. The highest BCUT2D eigenvalue weighted by atomic mass is 16.5. The van der Waals surface area contributed by atoms with Crippen molar-refractivity contribution in [2.24, 2.45) is 0 Å². The minimum Gasteiger partial charge on any atom is -0.497 e. The molecule has 0 N–H and O–H groups in total. The lowest BCUT2D eigenvalue weighted by molar-refractivity contribution is 0.415. The van der Waals surface area contributed by atoms with Crippen molar-refractivity contribution >= 4 is 5.95 Å². The van der Waals surface area contributed by atoms with E-state index in [1.54, 1.807) is 7.11 Å². The number of rotatable bonds is 3. The van der Waals surface area contributed by atoms with Crippen LogP contribution >= 0.6 is 0 Å². The fourth-order valence-corrected chi connectivity index (χ4v) is 3.11. The minimum atomic E-state index is 0.782. The number of aromatic nitrogens is 2. The second kappa shape index (κ2) is 6.32. The SMILES string of the molecule is COc1cccc(-c2ccnc(N3CCc4ccccc4C3)n2)c1. The first-order valence-electron chi connectivity index (χ1n) is 8.13. The summed E-state index contributed by atoms with van der Waals surface area (Å²) in [7, 11) is 1.68. The van der Waals surface area contributed by atoms with Crippen molar-refractivity contribution in [2.45, 2.75) is 13.0 Å². The fraction of sp³-hybridized carbons (Fsp3) is 0.200. The Balaban J connectivity index is 1.64. The second-order valence-corrected chi connectivity index (χ2v) is 5.91. The standard InChI is InChI=1S/C20H19N3O/c1-24-18-8-4-7-16(13-18)19-9-11-21-20(22-19)23-12-10-15-5-2-3-6-17(15)14-23/h2-9,11,13H,10,12,14H2,1H3. The zero-order valence-corrected chi connectivity index (χ0v) is 13.6. The first-order chi connectivity index (χ1) is 11.8. The van der Waals surface area contributed by atoms with Crippen LogP contribution in [0, 0.1) is 0 Å². The average Bonchev–Trinajstić information content (AvgIpc) is 2.68. The monoisotopic (exact) mass is 317 g/mol. The van der Waals surface area contributed by atoms with Gasteiger partial charge in [-0.25, -0.2) is 9.97 Å². The van der Waals surface area contributed by atoms with Crippen molar-refractivity contribution in [3.05, 3.63) is 71.9 Å². The van der Waals surface area contributed by atoms with Crippen LogP contribution in [0.2, 0.25) is 0 Å². The summed E-state index contributed by atoms with van der Waals surface area (Å²) < 4.78 is 5.31. The summed E-state index contributed by atoms with van der Waals surface area (Å²) >= 11 is 0. The Hall–Kier alpha value is -2.88. The lowest BCUT2D eigenvalue weighted by Gasteiger charge is -2.28. The Morgan fingerprint density at radius 3 is 2.75 bits per heavy atom. The summed E-state index contributed by atoms with van der Waals surface area (Å²) in [5, 5.41) is 0. The molecule has 2 aromatic carbocycles. The Morgan fingerprint density at radius 1 is 1.00 bits per heavy atom. The minimum absolute atomic E-state index is 0.782. The van der Waals surface area contributed by atoms with E-state index in [1.165, 1.54) is 11.1 Å². The molecule has 0 bridgehead atoms. The number of anilines is 1. The predicted octanol–water partition coefficient (Wildman–Crippen LogP) is 3.71. The molecule has 4 nitrogen and oxygen atoms in total. The molecule has 1 aliphatic rings. The van der Waals surface area contributed by atoms with Gasteiger partial charge >= 0.3 is 0 Å². The molecular formula is C20H19N3O. The van der Waals surface area contributed by atoms with Gasteiger partial charge < -0.3 is 9.64 Å². The van der Waals surface area contributed by atoms with E-state index in [2.05, 4.69) is 34.1 Å². The smallest absolute Gasteiger partial charge is 0.226 e. The fourth-order valence-electron chi connectivity index (χ4n) is 3.11. The highest BCUT2D eigenvalue weighted by Gasteiger charge is 2.18. The van der Waals surface area contributed by atoms with Crippen molar-refractivity contribution < 1.29 is 4.74 Å². The normalized spacial score (nSPS) is 13.5. The molecule has 0 atom stereocenters. The van der Waals surface area contributed by atoms with Gasteiger partial charge in [0.15, 0.2) is 0 Å². The van der Waals surface area contributed by atoms with Gasteiger partial charge in [0.05, 0.1) is 12.8 Å². The van der Waals surface area contributed by atoms with Crippen LogP contribution in [0.1, 0.15) is 11.1 Å². The van der Waals surface area contributed by atoms with E-state index in [9.17, 15) is 0 Å². The van der Waals surface area contributed by atoms with Crippen LogP contribution in [0.3, 0.4) is 0 Å². The molecule has 2 heterocycles. The third-order valence-electron chi connectivity index (χ3n) is 4.42. The third-order valence-corrected chi connectivity index (χ3v) is 4.42. The maximum Gasteiger partial charge on any atom is 0.226 e. The van der Waals surface area contributed by atoms with Crippen molar-refractivity contribution in [1.82, 2.24) is 9.97 Å². The number of fused-ring (bicyclic) bond motifs is 1. The first-order valence-corrected chi connectivity index (χ1v) is 8.13. The Labute approximate surface area is 141 Å². The van der Waals surface area contributed by atoms with Crippen LogP contribution in [-0.4, -0.2) is 23.6 Å². The van der Waals surface area contributed by atoms with Crippen molar-refractivity contribution in [2.75, 3.05) is 18.6 Å². The van der Waals surface area contributed by atoms with Crippen molar-refractivity contribution in [3.8, 4) is 17.0 Å². The second-order valence-electron chi connectivity index (χ2n) is 5.91. The summed E-state index contributed by atoms with van der Waals surface area (Å²) in [5.74, 6) is 1.62. The van der Waals surface area contributed by atoms with Crippen molar-refractivity contribution in [3.63, 3.8) is 0 Å². The van der Waals surface area contributed by atoms with E-state index in [-0.39, 0.29) is 0 Å². The number of ether oxygens (including phenoxy) is 1. The summed E-state index contributed by atoms with van der Waals surface area (Å²) in [6, 6.07) is 18.5. The lowest BCUT2D eigenvalue weighted by atomic mass is 10.0. The third kappa shape index (κ3) is 2.83. The molecule has 1 aliphatic heterocycles. The molecule has 4 heteroatoms. The number of hydrogen-bond acceptors (Lipinski definition) is 4. The molecule has 0 aliphatic carbocycles. The van der Waals surface area contributed by atoms with Crippen LogP contribution < -0.4 is 9.64 Å². The molecule has 0 saturated carbocycles. The van der Waals surface area contributed by atoms with Gasteiger partial charge in [-0.3, -0.25) is 0 Å². The van der Waals surface area contributed by atoms with Crippen LogP contribution in [0.4, 0.5) is 5.95 Å². The van der Waals surface area contributed by atoms with Crippen LogP contribution in [-0.2, 0) is 13.0 Å². The van der Waals surface area contributed by atoms with Gasteiger partial charge in [-0.2, -0.15) is 0 Å². The van der Waals surface area contributed by atoms with E-state index in [4.69, 9.17) is 9.72 Å². The van der Waals surface area contributed by atoms with Gasteiger partial charge in [0.25, 0.3) is 0 Å². The largest absolute Gasteiger partial charge is 0.497 e. The molecule has 3 aromatic rings. The highest BCUT2D eigenvalue weighted by Crippen LogP contribution is 2.25. The molecule has 0 unspecified atom stereocenters. The van der Waals surface area contributed by atoms with E-state index >= 15 is 0 Å². The summed E-state index contributed by atoms with van der Waals surface area (Å²) in [4.78, 5) is 11.5. The average molecular weight is 317 g/mol. The van der Waals surface area contributed by atoms with Gasteiger partial charge in [-0.15, -0.1) is 0 Å². The molecule has 0 fully saturated rings. The Kier molecular flexibility index (Phi) is 3.87. The maximum absolute atomic E-state index is 5.31. The van der Waals surface area contributed by atoms with E-state index in [0.717, 1.165) is 42.5 Å². The van der Waals surface area contributed by atoms with E-state index in [1.807, 2.05) is 36.5 Å². The van der Waals surface area contributed by atoms with Gasteiger partial charge in [-0.05, 0) is 35.7 Å². The van der Waals surface area contributed by atoms with Gasteiger partial charge in [-0.1, -0.05) is 36.4 Å². The van der Waals surface area contributed by atoms with Crippen molar-refractivity contribution in [1.29, 1.82) is 0 Å². The van der Waals surface area contributed by atoms with Gasteiger partial charge in [0.2, 0.25) is 5.95 Å². The molecule has 4 rings (SSSR count). The molecule has 120 valence electrons. The quantitative estimate of drug-likeness (QED) is 0.738. The highest BCUT2D eigenvalue weighted by molar-refractivity contribution is 5.62. The van der Waals surface area contributed by atoms with Gasteiger partial charge in [0.1, 0.15) is 5.75 Å². The number of nitrogens with zero attached hydrogens (tertiary/aromatic N) is 3. The summed E-state index contributed by atoms with van der Waals surface area (Å²) in [6.45, 7) is 1.80. The lowest BCUT2D eigenvalue weighted by Crippen LogP contribution is -2.31. The molecule has 0 radical (unpaired) electrons. The van der Waals surface area contributed by atoms with Crippen LogP contribution in [0.15, 0.2) is 60.8 Å². The maximum atomic E-state index is 5.31.